The first-order chi connectivity index (χ1) is 5.22. The molecular weight excluding hydrogens is 276 g/mol. The van der Waals surface area contributed by atoms with E-state index in [-0.39, 0.29) is 6.47 Å². The number of carboxylic acid groups (broad SMARTS) is 1. The molecule has 4 heteroatoms. The molecule has 0 unspecified atom stereocenters. The average molecular weight is 282 g/mol. The zero-order chi connectivity index (χ0) is 8.69. The highest BCUT2D eigenvalue weighted by Gasteiger charge is 1.88. The summed E-state index contributed by atoms with van der Waals surface area (Å²) in [6.45, 7) is -0.250. The van der Waals surface area contributed by atoms with Gasteiger partial charge in [0.2, 0.25) is 0 Å². The summed E-state index contributed by atoms with van der Waals surface area (Å²) in [5.41, 5.74) is 0. The Bertz CT molecular complexity index is 204. The maximum Gasteiger partial charge on any atom is 0.290 e. The Labute approximate surface area is 81.5 Å². The molecule has 0 aliphatic rings. The molecule has 11 heavy (non-hydrogen) atoms. The van der Waals surface area contributed by atoms with Gasteiger partial charge in [0.05, 0.1) is 0 Å². The minimum Gasteiger partial charge on any atom is -0.483 e. The smallest absolute Gasteiger partial charge is 0.290 e. The van der Waals surface area contributed by atoms with Crippen molar-refractivity contribution in [1.82, 2.24) is 0 Å². The van der Waals surface area contributed by atoms with Gasteiger partial charge in [-0.25, -0.2) is 0 Å². The van der Waals surface area contributed by atoms with E-state index >= 15 is 0 Å². The van der Waals surface area contributed by atoms with E-state index in [0.717, 1.165) is 8.95 Å². The molecule has 1 aromatic carbocycles. The first-order valence-electron chi connectivity index (χ1n) is 2.70. The summed E-state index contributed by atoms with van der Waals surface area (Å²) in [5.74, 6) is 0. The lowest BCUT2D eigenvalue weighted by atomic mass is 10.4. The standard InChI is InChI=1S/C6H4Br2.CH2O2/c7-5-3-1-2-4-6(5)8;2-1-3/h1-4H;1H,(H,2,3). The third-order valence-electron chi connectivity index (χ3n) is 0.824. The lowest BCUT2D eigenvalue weighted by Crippen LogP contribution is -1.63. The topological polar surface area (TPSA) is 37.3 Å². The maximum absolute atomic E-state index is 8.36. The lowest BCUT2D eigenvalue weighted by Gasteiger charge is -1.89. The Morgan fingerprint density at radius 2 is 1.45 bits per heavy atom. The van der Waals surface area contributed by atoms with E-state index in [4.69, 9.17) is 9.90 Å². The van der Waals surface area contributed by atoms with Gasteiger partial charge in [-0.3, -0.25) is 4.79 Å². The van der Waals surface area contributed by atoms with Gasteiger partial charge >= 0.3 is 0 Å². The van der Waals surface area contributed by atoms with Crippen molar-refractivity contribution < 1.29 is 9.90 Å². The summed E-state index contributed by atoms with van der Waals surface area (Å²) < 4.78 is 2.19. The quantitative estimate of drug-likeness (QED) is 0.743. The van der Waals surface area contributed by atoms with Crippen LogP contribution in [0.25, 0.3) is 0 Å². The van der Waals surface area contributed by atoms with Gasteiger partial charge < -0.3 is 5.11 Å². The molecule has 0 aliphatic heterocycles. The molecule has 0 saturated carbocycles. The number of rotatable bonds is 0. The van der Waals surface area contributed by atoms with Crippen LogP contribution in [0.5, 0.6) is 0 Å². The molecule has 2 nitrogen and oxygen atoms in total. The molecule has 0 atom stereocenters. The summed E-state index contributed by atoms with van der Waals surface area (Å²) in [6.07, 6.45) is 0. The van der Waals surface area contributed by atoms with Crippen molar-refractivity contribution in [2.24, 2.45) is 0 Å². The van der Waals surface area contributed by atoms with Crippen molar-refractivity contribution in [1.29, 1.82) is 0 Å². The van der Waals surface area contributed by atoms with Crippen LogP contribution in [-0.2, 0) is 4.79 Å². The number of hydrogen-bond acceptors (Lipinski definition) is 1. The largest absolute Gasteiger partial charge is 0.483 e. The van der Waals surface area contributed by atoms with Gasteiger partial charge in [0.25, 0.3) is 6.47 Å². The molecule has 0 aliphatic carbocycles. The molecule has 0 fully saturated rings. The van der Waals surface area contributed by atoms with Crippen LogP contribution in [0.4, 0.5) is 0 Å². The molecular formula is C7H6Br2O2. The maximum atomic E-state index is 8.36. The highest BCUT2D eigenvalue weighted by atomic mass is 79.9. The molecule has 0 amide bonds. The summed E-state index contributed by atoms with van der Waals surface area (Å²) in [7, 11) is 0. The zero-order valence-corrected chi connectivity index (χ0v) is 8.67. The van der Waals surface area contributed by atoms with Crippen LogP contribution in [0.2, 0.25) is 0 Å². The van der Waals surface area contributed by atoms with Gasteiger partial charge in [-0.05, 0) is 44.0 Å². The van der Waals surface area contributed by atoms with E-state index in [1.165, 1.54) is 0 Å². The fraction of sp³-hybridized carbons (Fsp3) is 0. The van der Waals surface area contributed by atoms with Crippen LogP contribution in [0.3, 0.4) is 0 Å². The molecule has 0 radical (unpaired) electrons. The number of halogens is 2. The van der Waals surface area contributed by atoms with Gasteiger partial charge in [-0.1, -0.05) is 12.1 Å². The van der Waals surface area contributed by atoms with Crippen LogP contribution in [0.1, 0.15) is 0 Å². The highest BCUT2D eigenvalue weighted by Crippen LogP contribution is 2.20. The second-order valence-corrected chi connectivity index (χ2v) is 3.23. The molecule has 0 spiro atoms. The van der Waals surface area contributed by atoms with Crippen molar-refractivity contribution >= 4 is 38.3 Å². The Hall–Kier alpha value is -0.350. The minimum absolute atomic E-state index is 0.250. The van der Waals surface area contributed by atoms with E-state index in [1.54, 1.807) is 0 Å². The lowest BCUT2D eigenvalue weighted by molar-refractivity contribution is -0.122. The Balaban J connectivity index is 0.000000292. The van der Waals surface area contributed by atoms with Crippen LogP contribution >= 0.6 is 31.9 Å². The molecule has 1 N–H and O–H groups in total. The third-order valence-corrected chi connectivity index (χ3v) is 2.74. The summed E-state index contributed by atoms with van der Waals surface area (Å²) >= 11 is 6.70. The fourth-order valence-electron chi connectivity index (χ4n) is 0.439. The number of hydrogen-bond donors (Lipinski definition) is 1. The molecule has 1 rings (SSSR count). The normalized spacial score (nSPS) is 7.82. The molecule has 0 aromatic heterocycles. The molecule has 0 bridgehead atoms. The predicted molar refractivity (Wildman–Crippen MR) is 50.5 cm³/mol. The van der Waals surface area contributed by atoms with E-state index < -0.39 is 0 Å². The Morgan fingerprint density at radius 1 is 1.18 bits per heavy atom. The molecule has 60 valence electrons. The van der Waals surface area contributed by atoms with Crippen molar-refractivity contribution in [2.75, 3.05) is 0 Å². The van der Waals surface area contributed by atoms with Crippen LogP contribution in [-0.4, -0.2) is 11.6 Å². The van der Waals surface area contributed by atoms with Crippen molar-refractivity contribution in [3.05, 3.63) is 33.2 Å². The predicted octanol–water partition coefficient (Wildman–Crippen LogP) is 2.91. The van der Waals surface area contributed by atoms with Crippen molar-refractivity contribution in [2.45, 2.75) is 0 Å². The van der Waals surface area contributed by atoms with Crippen LogP contribution in [0.15, 0.2) is 33.2 Å². The Morgan fingerprint density at radius 3 is 1.64 bits per heavy atom. The minimum atomic E-state index is -0.250. The molecule has 0 heterocycles. The average Bonchev–Trinajstić information content (AvgIpc) is 1.97. The summed E-state index contributed by atoms with van der Waals surface area (Å²) in [5, 5.41) is 6.89. The SMILES string of the molecule is Brc1ccccc1Br.O=CO. The van der Waals surface area contributed by atoms with Crippen molar-refractivity contribution in [3.8, 4) is 0 Å². The van der Waals surface area contributed by atoms with E-state index in [1.807, 2.05) is 24.3 Å². The molecule has 1 aromatic rings. The van der Waals surface area contributed by atoms with Gasteiger partial charge in [0.15, 0.2) is 0 Å². The first kappa shape index (κ1) is 10.7. The second kappa shape index (κ2) is 6.37. The van der Waals surface area contributed by atoms with Gasteiger partial charge in [-0.15, -0.1) is 0 Å². The van der Waals surface area contributed by atoms with E-state index in [2.05, 4.69) is 31.9 Å². The first-order valence-corrected chi connectivity index (χ1v) is 4.29. The Kier molecular flexibility index (Phi) is 6.16. The van der Waals surface area contributed by atoms with E-state index in [9.17, 15) is 0 Å². The van der Waals surface area contributed by atoms with E-state index in [0.29, 0.717) is 0 Å². The second-order valence-electron chi connectivity index (χ2n) is 1.52. The summed E-state index contributed by atoms with van der Waals surface area (Å²) in [4.78, 5) is 8.36. The number of benzene rings is 1. The fourth-order valence-corrected chi connectivity index (χ4v) is 1.01. The van der Waals surface area contributed by atoms with Crippen molar-refractivity contribution in [3.63, 3.8) is 0 Å². The van der Waals surface area contributed by atoms with Crippen LogP contribution in [0, 0.1) is 0 Å². The van der Waals surface area contributed by atoms with Gasteiger partial charge in [0.1, 0.15) is 0 Å². The highest BCUT2D eigenvalue weighted by molar-refractivity contribution is 9.13. The number of carbonyl (C=O) groups is 1. The summed E-state index contributed by atoms with van der Waals surface area (Å²) in [6, 6.07) is 7.94. The zero-order valence-electron chi connectivity index (χ0n) is 5.50. The van der Waals surface area contributed by atoms with Gasteiger partial charge in [-0.2, -0.15) is 0 Å². The monoisotopic (exact) mass is 280 g/mol. The van der Waals surface area contributed by atoms with Crippen LogP contribution < -0.4 is 0 Å². The van der Waals surface area contributed by atoms with Gasteiger partial charge in [0, 0.05) is 8.95 Å². The third kappa shape index (κ3) is 4.98. The molecule has 0 saturated heterocycles.